The fourth-order valence-electron chi connectivity index (χ4n) is 3.88. The van der Waals surface area contributed by atoms with E-state index in [0.717, 1.165) is 37.2 Å². The average Bonchev–Trinajstić information content (AvgIpc) is 3.17. The minimum atomic E-state index is -0.305. The summed E-state index contributed by atoms with van der Waals surface area (Å²) in [4.78, 5) is 17.5. The summed E-state index contributed by atoms with van der Waals surface area (Å²) in [5, 5.41) is 2.13. The number of rotatable bonds is 5. The number of nitrogens with zero attached hydrogens (tertiary/aromatic N) is 1. The average molecular weight is 394 g/mol. The second-order valence-corrected chi connectivity index (χ2v) is 8.16. The highest BCUT2D eigenvalue weighted by Crippen LogP contribution is 2.40. The third-order valence-corrected chi connectivity index (χ3v) is 6.26. The van der Waals surface area contributed by atoms with Gasteiger partial charge in [0.1, 0.15) is 5.75 Å². The molecule has 0 saturated carbocycles. The van der Waals surface area contributed by atoms with Crippen molar-refractivity contribution in [1.82, 2.24) is 4.98 Å². The summed E-state index contributed by atoms with van der Waals surface area (Å²) in [5.41, 5.74) is 5.28. The van der Waals surface area contributed by atoms with Gasteiger partial charge < -0.3 is 9.47 Å². The highest BCUT2D eigenvalue weighted by Gasteiger charge is 2.23. The number of thiophene rings is 1. The first-order valence-corrected chi connectivity index (χ1v) is 10.4. The van der Waals surface area contributed by atoms with Crippen LogP contribution in [0.25, 0.3) is 11.1 Å². The summed E-state index contributed by atoms with van der Waals surface area (Å²) in [7, 11) is 1.41. The van der Waals surface area contributed by atoms with Crippen LogP contribution in [0.4, 0.5) is 0 Å². The Morgan fingerprint density at radius 1 is 1.32 bits per heavy atom. The Kier molecular flexibility index (Phi) is 5.44. The van der Waals surface area contributed by atoms with E-state index >= 15 is 0 Å². The molecule has 144 valence electrons. The van der Waals surface area contributed by atoms with Gasteiger partial charge in [-0.05, 0) is 77.9 Å². The number of fused-ring (bicyclic) bond motifs is 1. The van der Waals surface area contributed by atoms with E-state index in [1.165, 1.54) is 28.7 Å². The zero-order chi connectivity index (χ0) is 19.5. The highest BCUT2D eigenvalue weighted by molar-refractivity contribution is 7.10. The molecule has 0 radical (unpaired) electrons. The van der Waals surface area contributed by atoms with Crippen LogP contribution in [-0.4, -0.2) is 24.7 Å². The van der Waals surface area contributed by atoms with Crippen LogP contribution in [0, 0.1) is 6.92 Å². The van der Waals surface area contributed by atoms with Gasteiger partial charge in [0.25, 0.3) is 0 Å². The molecule has 2 aromatic heterocycles. The molecule has 5 heteroatoms. The number of hydrogen-bond donors (Lipinski definition) is 0. The first kappa shape index (κ1) is 18.7. The van der Waals surface area contributed by atoms with Gasteiger partial charge in [-0.25, -0.2) is 4.79 Å². The molecule has 0 aliphatic carbocycles. The van der Waals surface area contributed by atoms with E-state index in [4.69, 9.17) is 9.47 Å². The fraction of sp³-hybridized carbons (Fsp3) is 0.304. The third-order valence-electron chi connectivity index (χ3n) is 5.42. The monoisotopic (exact) mass is 393 g/mol. The van der Waals surface area contributed by atoms with Crippen LogP contribution in [0.2, 0.25) is 0 Å². The molecule has 1 aromatic carbocycles. The molecule has 4 nitrogen and oxygen atoms in total. The van der Waals surface area contributed by atoms with Crippen molar-refractivity contribution in [1.29, 1.82) is 0 Å². The maximum absolute atomic E-state index is 12.0. The molecule has 1 aliphatic heterocycles. The second kappa shape index (κ2) is 8.15. The van der Waals surface area contributed by atoms with Crippen molar-refractivity contribution in [2.24, 2.45) is 0 Å². The van der Waals surface area contributed by atoms with E-state index in [2.05, 4.69) is 41.6 Å². The SMILES string of the molecule is COC(=O)c1ccncc1CC[C@@H]1CCOc2cc(-c3ccsc3C)ccc21. The first-order chi connectivity index (χ1) is 13.7. The van der Waals surface area contributed by atoms with Crippen molar-refractivity contribution in [3.05, 3.63) is 69.7 Å². The zero-order valence-corrected chi connectivity index (χ0v) is 16.9. The quantitative estimate of drug-likeness (QED) is 0.544. The van der Waals surface area contributed by atoms with E-state index in [1.54, 1.807) is 29.8 Å². The van der Waals surface area contributed by atoms with Gasteiger partial charge >= 0.3 is 5.97 Å². The number of aryl methyl sites for hydroxylation is 2. The minimum absolute atomic E-state index is 0.305. The van der Waals surface area contributed by atoms with Gasteiger partial charge in [0.15, 0.2) is 0 Å². The molecule has 0 unspecified atom stereocenters. The van der Waals surface area contributed by atoms with Crippen molar-refractivity contribution in [3.8, 4) is 16.9 Å². The summed E-state index contributed by atoms with van der Waals surface area (Å²) in [6.07, 6.45) is 6.12. The first-order valence-electron chi connectivity index (χ1n) is 9.49. The van der Waals surface area contributed by atoms with Crippen LogP contribution in [0.15, 0.2) is 48.1 Å². The molecular formula is C23H23NO3S. The molecular weight excluding hydrogens is 370 g/mol. The van der Waals surface area contributed by atoms with Crippen LogP contribution in [0.3, 0.4) is 0 Å². The molecule has 0 amide bonds. The molecule has 3 aromatic rings. The summed E-state index contributed by atoms with van der Waals surface area (Å²) in [6, 6.07) is 10.5. The Morgan fingerprint density at radius 2 is 2.21 bits per heavy atom. The van der Waals surface area contributed by atoms with Crippen molar-refractivity contribution in [2.75, 3.05) is 13.7 Å². The van der Waals surface area contributed by atoms with Crippen LogP contribution in [-0.2, 0) is 11.2 Å². The number of carbonyl (C=O) groups excluding carboxylic acids is 1. The van der Waals surface area contributed by atoms with Gasteiger partial charge in [-0.1, -0.05) is 12.1 Å². The number of carbonyl (C=O) groups is 1. The molecule has 3 heterocycles. The van der Waals surface area contributed by atoms with E-state index < -0.39 is 0 Å². The summed E-state index contributed by atoms with van der Waals surface area (Å²) in [5.74, 6) is 1.09. The number of methoxy groups -OCH3 is 1. The predicted octanol–water partition coefficient (Wildman–Crippen LogP) is 5.40. The smallest absolute Gasteiger partial charge is 0.338 e. The highest BCUT2D eigenvalue weighted by atomic mass is 32.1. The van der Waals surface area contributed by atoms with Crippen LogP contribution in [0.5, 0.6) is 5.75 Å². The van der Waals surface area contributed by atoms with Crippen LogP contribution >= 0.6 is 11.3 Å². The maximum atomic E-state index is 12.0. The van der Waals surface area contributed by atoms with Gasteiger partial charge in [0, 0.05) is 17.3 Å². The summed E-state index contributed by atoms with van der Waals surface area (Å²) < 4.78 is 10.9. The van der Waals surface area contributed by atoms with E-state index in [0.29, 0.717) is 11.5 Å². The van der Waals surface area contributed by atoms with Crippen LogP contribution < -0.4 is 4.74 Å². The van der Waals surface area contributed by atoms with Crippen LogP contribution in [0.1, 0.15) is 45.1 Å². The standard InChI is InChI=1S/C23H23NO3S/c1-15-19(9-12-28-15)17-5-6-20-16(8-11-27-22(20)13-17)3-4-18-14-24-10-7-21(18)23(25)26-2/h5-7,9-10,12-14,16H,3-4,8,11H2,1-2H3/t16-/m1/s1. The fourth-order valence-corrected chi connectivity index (χ4v) is 4.60. The summed E-state index contributed by atoms with van der Waals surface area (Å²) >= 11 is 1.76. The van der Waals surface area contributed by atoms with Crippen molar-refractivity contribution < 1.29 is 14.3 Å². The van der Waals surface area contributed by atoms with Gasteiger partial charge in [-0.3, -0.25) is 4.98 Å². The summed E-state index contributed by atoms with van der Waals surface area (Å²) in [6.45, 7) is 2.87. The molecule has 0 fully saturated rings. The Hall–Kier alpha value is -2.66. The maximum Gasteiger partial charge on any atom is 0.338 e. The Balaban J connectivity index is 1.55. The lowest BCUT2D eigenvalue weighted by molar-refractivity contribution is 0.0599. The number of esters is 1. The molecule has 28 heavy (non-hydrogen) atoms. The van der Waals surface area contributed by atoms with Gasteiger partial charge in [0.2, 0.25) is 0 Å². The zero-order valence-electron chi connectivity index (χ0n) is 16.1. The lowest BCUT2D eigenvalue weighted by atomic mass is 9.86. The Bertz CT molecular complexity index is 995. The van der Waals surface area contributed by atoms with E-state index in [9.17, 15) is 4.79 Å². The number of benzene rings is 1. The molecule has 0 spiro atoms. The predicted molar refractivity (Wildman–Crippen MR) is 111 cm³/mol. The van der Waals surface area contributed by atoms with Crippen molar-refractivity contribution in [2.45, 2.75) is 32.1 Å². The third kappa shape index (κ3) is 3.67. The molecule has 0 N–H and O–H groups in total. The topological polar surface area (TPSA) is 48.4 Å². The minimum Gasteiger partial charge on any atom is -0.493 e. The van der Waals surface area contributed by atoms with Gasteiger partial charge in [0.05, 0.1) is 19.3 Å². The van der Waals surface area contributed by atoms with E-state index in [1.807, 2.05) is 0 Å². The number of pyridine rings is 1. The van der Waals surface area contributed by atoms with Gasteiger partial charge in [-0.2, -0.15) is 0 Å². The van der Waals surface area contributed by atoms with E-state index in [-0.39, 0.29) is 5.97 Å². The molecule has 0 saturated heterocycles. The number of hydrogen-bond acceptors (Lipinski definition) is 5. The molecule has 1 atom stereocenters. The van der Waals surface area contributed by atoms with Crippen molar-refractivity contribution >= 4 is 17.3 Å². The Labute approximate surface area is 169 Å². The normalized spacial score (nSPS) is 15.6. The molecule has 4 rings (SSSR count). The van der Waals surface area contributed by atoms with Crippen molar-refractivity contribution in [3.63, 3.8) is 0 Å². The lowest BCUT2D eigenvalue weighted by Gasteiger charge is -2.26. The largest absolute Gasteiger partial charge is 0.493 e. The Morgan fingerprint density at radius 3 is 3.00 bits per heavy atom. The number of aromatic nitrogens is 1. The second-order valence-electron chi connectivity index (χ2n) is 7.04. The number of ether oxygens (including phenoxy) is 2. The molecule has 1 aliphatic rings. The van der Waals surface area contributed by atoms with Gasteiger partial charge in [-0.15, -0.1) is 11.3 Å². The molecule has 0 bridgehead atoms. The lowest BCUT2D eigenvalue weighted by Crippen LogP contribution is -2.15.